The maximum atomic E-state index is 12.4. The molecule has 29 heavy (non-hydrogen) atoms. The fourth-order valence-electron chi connectivity index (χ4n) is 3.11. The van der Waals surface area contributed by atoms with Gasteiger partial charge in [0.15, 0.2) is 0 Å². The lowest BCUT2D eigenvalue weighted by molar-refractivity contribution is -0.115. The molecule has 0 fully saturated rings. The lowest BCUT2D eigenvalue weighted by Crippen LogP contribution is -2.14. The normalized spacial score (nSPS) is 10.7. The number of rotatable bonds is 6. The number of ether oxygens (including phenoxy) is 2. The Hall–Kier alpha value is -3.80. The molecule has 1 aromatic heterocycles. The maximum absolute atomic E-state index is 12.4. The maximum Gasteiger partial charge on any atom is 0.228 e. The Balaban J connectivity index is 1.48. The number of benzene rings is 3. The zero-order valence-corrected chi connectivity index (χ0v) is 16.2. The molecule has 0 unspecified atom stereocenters. The number of H-pyrrole nitrogens is 1. The van der Waals surface area contributed by atoms with E-state index in [1.54, 1.807) is 14.2 Å². The van der Waals surface area contributed by atoms with E-state index in [1.807, 2.05) is 66.7 Å². The zero-order valence-electron chi connectivity index (χ0n) is 16.2. The smallest absolute Gasteiger partial charge is 0.228 e. The van der Waals surface area contributed by atoms with Crippen LogP contribution in [-0.4, -0.2) is 30.1 Å². The first kappa shape index (κ1) is 18.6. The molecule has 0 aliphatic carbocycles. The van der Waals surface area contributed by atoms with Crippen molar-refractivity contribution in [1.29, 1.82) is 0 Å². The number of imidazole rings is 1. The number of nitrogens with one attached hydrogen (secondary N) is 2. The Kier molecular flexibility index (Phi) is 5.16. The van der Waals surface area contributed by atoms with Crippen molar-refractivity contribution in [2.24, 2.45) is 0 Å². The van der Waals surface area contributed by atoms with Gasteiger partial charge < -0.3 is 19.8 Å². The molecule has 0 saturated carbocycles. The van der Waals surface area contributed by atoms with Crippen LogP contribution >= 0.6 is 0 Å². The molecule has 1 amide bonds. The number of hydrogen-bond acceptors (Lipinski definition) is 4. The summed E-state index contributed by atoms with van der Waals surface area (Å²) in [6, 6.07) is 20.8. The second kappa shape index (κ2) is 8.06. The number of carbonyl (C=O) groups excluding carboxylic acids is 1. The molecule has 0 spiro atoms. The lowest BCUT2D eigenvalue weighted by atomic mass is 10.1. The Bertz CT molecular complexity index is 1130. The van der Waals surface area contributed by atoms with E-state index in [9.17, 15) is 4.79 Å². The molecule has 4 aromatic rings. The van der Waals surface area contributed by atoms with E-state index in [4.69, 9.17) is 9.47 Å². The summed E-state index contributed by atoms with van der Waals surface area (Å²) in [6.45, 7) is 0. The van der Waals surface area contributed by atoms with Gasteiger partial charge in [-0.25, -0.2) is 4.98 Å². The molecule has 2 N–H and O–H groups in total. The van der Waals surface area contributed by atoms with Crippen molar-refractivity contribution in [3.05, 3.63) is 72.3 Å². The Morgan fingerprint density at radius 2 is 1.59 bits per heavy atom. The molecule has 0 aliphatic rings. The van der Waals surface area contributed by atoms with Crippen LogP contribution < -0.4 is 14.8 Å². The largest absolute Gasteiger partial charge is 0.497 e. The summed E-state index contributed by atoms with van der Waals surface area (Å²) >= 11 is 0. The number of anilines is 1. The molecule has 1 heterocycles. The number of aromatic nitrogens is 2. The monoisotopic (exact) mass is 387 g/mol. The Labute approximate surface area is 168 Å². The number of amides is 1. The first-order valence-corrected chi connectivity index (χ1v) is 9.21. The van der Waals surface area contributed by atoms with Gasteiger partial charge in [-0.1, -0.05) is 12.1 Å². The van der Waals surface area contributed by atoms with Crippen LogP contribution in [-0.2, 0) is 11.2 Å². The van der Waals surface area contributed by atoms with Crippen LogP contribution in [0.4, 0.5) is 5.69 Å². The summed E-state index contributed by atoms with van der Waals surface area (Å²) < 4.78 is 10.3. The van der Waals surface area contributed by atoms with Gasteiger partial charge in [0.2, 0.25) is 5.91 Å². The molecular formula is C23H21N3O3. The van der Waals surface area contributed by atoms with Crippen LogP contribution in [0.3, 0.4) is 0 Å². The molecular weight excluding hydrogens is 366 g/mol. The fraction of sp³-hybridized carbons (Fsp3) is 0.130. The second-order valence-electron chi connectivity index (χ2n) is 6.62. The third-order valence-corrected chi connectivity index (χ3v) is 4.65. The highest BCUT2D eigenvalue weighted by atomic mass is 16.5. The molecule has 0 bridgehead atoms. The van der Waals surface area contributed by atoms with Gasteiger partial charge in [0.05, 0.1) is 31.7 Å². The van der Waals surface area contributed by atoms with Gasteiger partial charge in [0.1, 0.15) is 17.3 Å². The van der Waals surface area contributed by atoms with Gasteiger partial charge in [-0.15, -0.1) is 0 Å². The van der Waals surface area contributed by atoms with Crippen LogP contribution in [0.2, 0.25) is 0 Å². The van der Waals surface area contributed by atoms with Crippen LogP contribution in [0.1, 0.15) is 5.56 Å². The Morgan fingerprint density at radius 1 is 0.931 bits per heavy atom. The summed E-state index contributed by atoms with van der Waals surface area (Å²) in [7, 11) is 3.26. The van der Waals surface area contributed by atoms with Crippen molar-refractivity contribution in [3.63, 3.8) is 0 Å². The minimum absolute atomic E-state index is 0.0792. The molecule has 0 saturated heterocycles. The summed E-state index contributed by atoms with van der Waals surface area (Å²) in [6.07, 6.45) is 0.294. The predicted octanol–water partition coefficient (Wildman–Crippen LogP) is 4.43. The van der Waals surface area contributed by atoms with E-state index in [-0.39, 0.29) is 5.91 Å². The van der Waals surface area contributed by atoms with Crippen molar-refractivity contribution in [2.75, 3.05) is 19.5 Å². The van der Waals surface area contributed by atoms with Crippen molar-refractivity contribution in [1.82, 2.24) is 9.97 Å². The van der Waals surface area contributed by atoms with Crippen molar-refractivity contribution < 1.29 is 14.3 Å². The summed E-state index contributed by atoms with van der Waals surface area (Å²) in [5, 5.41) is 2.94. The van der Waals surface area contributed by atoms with Gasteiger partial charge in [-0.2, -0.15) is 0 Å². The van der Waals surface area contributed by atoms with E-state index >= 15 is 0 Å². The SMILES string of the molecule is COc1ccc(CC(=O)Nc2ccc3nc(-c4ccc(OC)cc4)[nH]c3c2)cc1. The molecule has 6 nitrogen and oxygen atoms in total. The predicted molar refractivity (Wildman–Crippen MR) is 113 cm³/mol. The quantitative estimate of drug-likeness (QED) is 0.513. The minimum atomic E-state index is -0.0792. The minimum Gasteiger partial charge on any atom is -0.497 e. The number of nitrogens with zero attached hydrogens (tertiary/aromatic N) is 1. The Morgan fingerprint density at radius 3 is 2.24 bits per heavy atom. The third-order valence-electron chi connectivity index (χ3n) is 4.65. The molecule has 4 rings (SSSR count). The number of fused-ring (bicyclic) bond motifs is 1. The lowest BCUT2D eigenvalue weighted by Gasteiger charge is -2.06. The standard InChI is InChI=1S/C23H21N3O3/c1-28-18-8-3-15(4-9-18)13-22(27)24-17-7-12-20-21(14-17)26-23(25-20)16-5-10-19(29-2)11-6-16/h3-12,14H,13H2,1-2H3,(H,24,27)(H,25,26). The number of carbonyl (C=O) groups is 1. The first-order valence-electron chi connectivity index (χ1n) is 9.21. The molecule has 146 valence electrons. The molecule has 0 aliphatic heterocycles. The van der Waals surface area contributed by atoms with Gasteiger partial charge in [0, 0.05) is 11.3 Å². The number of hydrogen-bond donors (Lipinski definition) is 2. The van der Waals surface area contributed by atoms with Gasteiger partial charge in [0.25, 0.3) is 0 Å². The first-order chi connectivity index (χ1) is 14.1. The van der Waals surface area contributed by atoms with E-state index in [0.29, 0.717) is 6.42 Å². The third kappa shape index (κ3) is 4.21. The van der Waals surface area contributed by atoms with Crippen molar-refractivity contribution >= 4 is 22.6 Å². The average molecular weight is 387 g/mol. The number of aromatic amines is 1. The highest BCUT2D eigenvalue weighted by molar-refractivity contribution is 5.94. The summed E-state index contributed by atoms with van der Waals surface area (Å²) in [4.78, 5) is 20.3. The van der Waals surface area contributed by atoms with Crippen molar-refractivity contribution in [2.45, 2.75) is 6.42 Å². The second-order valence-corrected chi connectivity index (χ2v) is 6.62. The van der Waals surface area contributed by atoms with Crippen LogP contribution in [0.25, 0.3) is 22.4 Å². The molecule has 6 heteroatoms. The summed E-state index contributed by atoms with van der Waals surface area (Å²) in [5.41, 5.74) is 4.31. The highest BCUT2D eigenvalue weighted by Crippen LogP contribution is 2.24. The molecule has 3 aromatic carbocycles. The molecule has 0 atom stereocenters. The zero-order chi connectivity index (χ0) is 20.2. The van der Waals surface area contributed by atoms with E-state index in [2.05, 4.69) is 15.3 Å². The van der Waals surface area contributed by atoms with E-state index in [0.717, 1.165) is 45.2 Å². The van der Waals surface area contributed by atoms with Gasteiger partial charge in [-0.3, -0.25) is 4.79 Å². The molecule has 0 radical (unpaired) electrons. The average Bonchev–Trinajstić information content (AvgIpc) is 3.17. The van der Waals surface area contributed by atoms with Gasteiger partial charge in [-0.05, 0) is 60.2 Å². The number of methoxy groups -OCH3 is 2. The van der Waals surface area contributed by atoms with Crippen LogP contribution in [0, 0.1) is 0 Å². The van der Waals surface area contributed by atoms with E-state index in [1.165, 1.54) is 0 Å². The summed E-state index contributed by atoms with van der Waals surface area (Å²) in [5.74, 6) is 2.26. The van der Waals surface area contributed by atoms with Crippen LogP contribution in [0.5, 0.6) is 11.5 Å². The van der Waals surface area contributed by atoms with E-state index < -0.39 is 0 Å². The highest BCUT2D eigenvalue weighted by Gasteiger charge is 2.09. The van der Waals surface area contributed by atoms with Crippen LogP contribution in [0.15, 0.2) is 66.7 Å². The fourth-order valence-corrected chi connectivity index (χ4v) is 3.11. The van der Waals surface area contributed by atoms with Gasteiger partial charge >= 0.3 is 0 Å². The van der Waals surface area contributed by atoms with Crippen molar-refractivity contribution in [3.8, 4) is 22.9 Å². The topological polar surface area (TPSA) is 76.2 Å².